The van der Waals surface area contributed by atoms with E-state index in [1.807, 2.05) is 27.9 Å². The molecule has 0 saturated carbocycles. The highest BCUT2D eigenvalue weighted by molar-refractivity contribution is 5.95. The Labute approximate surface area is 158 Å². The monoisotopic (exact) mass is 371 g/mol. The van der Waals surface area contributed by atoms with E-state index in [1.165, 1.54) is 12.5 Å². The Hall–Kier alpha value is -2.97. The van der Waals surface area contributed by atoms with E-state index in [2.05, 4.69) is 25.3 Å². The Balaban J connectivity index is 1.87. The van der Waals surface area contributed by atoms with Crippen LogP contribution in [0.1, 0.15) is 52.7 Å². The van der Waals surface area contributed by atoms with Crippen molar-refractivity contribution in [2.24, 2.45) is 0 Å². The zero-order chi connectivity index (χ0) is 19.6. The van der Waals surface area contributed by atoms with Crippen molar-refractivity contribution in [3.05, 3.63) is 35.7 Å². The summed E-state index contributed by atoms with van der Waals surface area (Å²) < 4.78 is 0. The molecule has 2 aromatic rings. The average Bonchev–Trinajstić information content (AvgIpc) is 3.32. The van der Waals surface area contributed by atoms with Gasteiger partial charge in [0.15, 0.2) is 0 Å². The maximum Gasteiger partial charge on any atom is 0.271 e. The summed E-state index contributed by atoms with van der Waals surface area (Å²) in [5.74, 6) is 0.240. The first-order chi connectivity index (χ1) is 12.9. The van der Waals surface area contributed by atoms with E-state index >= 15 is 0 Å². The summed E-state index contributed by atoms with van der Waals surface area (Å²) in [5.41, 5.74) is 1.62. The van der Waals surface area contributed by atoms with Crippen molar-refractivity contribution >= 4 is 17.8 Å². The molecule has 0 bridgehead atoms. The van der Waals surface area contributed by atoms with E-state index in [1.54, 1.807) is 16.0 Å². The molecular weight excluding hydrogens is 346 g/mol. The van der Waals surface area contributed by atoms with Crippen LogP contribution in [0.3, 0.4) is 0 Å². The molecule has 1 aliphatic rings. The molecule has 3 rings (SSSR count). The van der Waals surface area contributed by atoms with Crippen molar-refractivity contribution in [1.29, 1.82) is 0 Å². The lowest BCUT2D eigenvalue weighted by atomic mass is 9.99. The van der Waals surface area contributed by atoms with Gasteiger partial charge in [-0.3, -0.25) is 9.59 Å². The first kappa shape index (κ1) is 18.8. The molecule has 1 aliphatic heterocycles. The minimum absolute atomic E-state index is 0.0147. The number of nitrogens with zero attached hydrogens (tertiary/aromatic N) is 5. The molecule has 2 aromatic heterocycles. The number of hydrogen-bond acceptors (Lipinski definition) is 6. The van der Waals surface area contributed by atoms with Gasteiger partial charge in [0.05, 0.1) is 23.8 Å². The maximum atomic E-state index is 12.6. The van der Waals surface area contributed by atoms with Crippen LogP contribution in [-0.4, -0.2) is 69.9 Å². The van der Waals surface area contributed by atoms with Gasteiger partial charge in [0.1, 0.15) is 5.69 Å². The summed E-state index contributed by atoms with van der Waals surface area (Å²) in [4.78, 5) is 44.4. The zero-order valence-electron chi connectivity index (χ0n) is 16.1. The predicted molar refractivity (Wildman–Crippen MR) is 101 cm³/mol. The van der Waals surface area contributed by atoms with Gasteiger partial charge >= 0.3 is 0 Å². The fourth-order valence-electron chi connectivity index (χ4n) is 3.14. The molecular formula is C18H25N7O2. The fourth-order valence-corrected chi connectivity index (χ4v) is 3.14. The number of nitrogens with one attached hydrogen (secondary N) is 2. The topological polar surface area (TPSA) is 107 Å². The number of aromatic amines is 1. The van der Waals surface area contributed by atoms with E-state index < -0.39 is 0 Å². The molecule has 1 saturated heterocycles. The molecule has 2 N–H and O–H groups in total. The molecule has 2 amide bonds. The number of imidazole rings is 1. The number of anilines is 1. The van der Waals surface area contributed by atoms with Gasteiger partial charge < -0.3 is 20.1 Å². The minimum atomic E-state index is -0.191. The molecule has 0 radical (unpaired) electrons. The number of likely N-dealkylation sites (tertiary alicyclic amines) is 1. The molecule has 1 atom stereocenters. The first-order valence-electron chi connectivity index (χ1n) is 8.99. The van der Waals surface area contributed by atoms with Gasteiger partial charge in [-0.2, -0.15) is 0 Å². The Morgan fingerprint density at radius 1 is 1.33 bits per heavy atom. The van der Waals surface area contributed by atoms with Crippen LogP contribution in [-0.2, 0) is 0 Å². The lowest BCUT2D eigenvalue weighted by molar-refractivity contribution is 0.0785. The smallest absolute Gasteiger partial charge is 0.271 e. The minimum Gasteiger partial charge on any atom is -0.350 e. The highest BCUT2D eigenvalue weighted by atomic mass is 16.2. The van der Waals surface area contributed by atoms with E-state index in [0.717, 1.165) is 6.42 Å². The van der Waals surface area contributed by atoms with Gasteiger partial charge in [0.2, 0.25) is 5.95 Å². The summed E-state index contributed by atoms with van der Waals surface area (Å²) >= 11 is 0. The summed E-state index contributed by atoms with van der Waals surface area (Å²) in [7, 11) is 3.71. The van der Waals surface area contributed by atoms with Crippen LogP contribution in [0, 0.1) is 0 Å². The normalized spacial score (nSPS) is 16.6. The number of aromatic nitrogens is 4. The van der Waals surface area contributed by atoms with Crippen LogP contribution in [0.5, 0.6) is 0 Å². The third-order valence-electron chi connectivity index (χ3n) is 4.46. The van der Waals surface area contributed by atoms with Gasteiger partial charge in [-0.25, -0.2) is 15.0 Å². The second-order valence-corrected chi connectivity index (χ2v) is 7.19. The van der Waals surface area contributed by atoms with Crippen molar-refractivity contribution in [3.8, 4) is 0 Å². The van der Waals surface area contributed by atoms with E-state index in [9.17, 15) is 9.59 Å². The number of carbonyl (C=O) groups is 2. The molecule has 0 aliphatic carbocycles. The van der Waals surface area contributed by atoms with Crippen LogP contribution in [0.15, 0.2) is 18.7 Å². The van der Waals surface area contributed by atoms with Crippen molar-refractivity contribution in [1.82, 2.24) is 30.2 Å². The standard InChI is InChI=1S/C18H25N7O2/c1-11(2)22-16(26)13-7-20-18(24(3)4)23-15(13)12-5-6-25(9-12)17(27)14-8-19-10-21-14/h7-8,10-12H,5-6,9H2,1-4H3,(H,19,21)(H,22,26). The van der Waals surface area contributed by atoms with Crippen molar-refractivity contribution in [2.45, 2.75) is 32.2 Å². The maximum absolute atomic E-state index is 12.6. The van der Waals surface area contributed by atoms with Crippen molar-refractivity contribution in [3.63, 3.8) is 0 Å². The van der Waals surface area contributed by atoms with Gasteiger partial charge in [0.25, 0.3) is 11.8 Å². The van der Waals surface area contributed by atoms with Gasteiger partial charge in [0, 0.05) is 45.3 Å². The highest BCUT2D eigenvalue weighted by Gasteiger charge is 2.32. The van der Waals surface area contributed by atoms with E-state index in [0.29, 0.717) is 36.0 Å². The summed E-state index contributed by atoms with van der Waals surface area (Å²) in [5, 5.41) is 2.90. The van der Waals surface area contributed by atoms with Gasteiger partial charge in [-0.15, -0.1) is 0 Å². The van der Waals surface area contributed by atoms with Crippen LogP contribution in [0.4, 0.5) is 5.95 Å². The lowest BCUT2D eigenvalue weighted by Gasteiger charge is -2.19. The number of rotatable bonds is 5. The van der Waals surface area contributed by atoms with E-state index in [-0.39, 0.29) is 23.8 Å². The number of hydrogen-bond donors (Lipinski definition) is 2. The number of amides is 2. The molecule has 0 spiro atoms. The second-order valence-electron chi connectivity index (χ2n) is 7.19. The molecule has 1 fully saturated rings. The quantitative estimate of drug-likeness (QED) is 0.813. The van der Waals surface area contributed by atoms with Crippen LogP contribution >= 0.6 is 0 Å². The third-order valence-corrected chi connectivity index (χ3v) is 4.46. The molecule has 9 nitrogen and oxygen atoms in total. The SMILES string of the molecule is CC(C)NC(=O)c1cnc(N(C)C)nc1C1CCN(C(=O)c2cnc[nH]2)C1. The molecule has 3 heterocycles. The molecule has 0 aromatic carbocycles. The van der Waals surface area contributed by atoms with Gasteiger partial charge in [-0.1, -0.05) is 0 Å². The molecule has 1 unspecified atom stereocenters. The predicted octanol–water partition coefficient (Wildman–Crippen LogP) is 1.03. The summed E-state index contributed by atoms with van der Waals surface area (Å²) in [6, 6.07) is 0.0147. The number of H-pyrrole nitrogens is 1. The summed E-state index contributed by atoms with van der Waals surface area (Å²) in [6.45, 7) is 4.93. The van der Waals surface area contributed by atoms with Crippen molar-refractivity contribution in [2.75, 3.05) is 32.1 Å². The highest BCUT2D eigenvalue weighted by Crippen LogP contribution is 2.30. The Kier molecular flexibility index (Phi) is 5.38. The van der Waals surface area contributed by atoms with Crippen molar-refractivity contribution < 1.29 is 9.59 Å². The third kappa shape index (κ3) is 4.07. The molecule has 9 heteroatoms. The zero-order valence-corrected chi connectivity index (χ0v) is 16.1. The largest absolute Gasteiger partial charge is 0.350 e. The fraction of sp³-hybridized carbons (Fsp3) is 0.500. The lowest BCUT2D eigenvalue weighted by Crippen LogP contribution is -2.32. The van der Waals surface area contributed by atoms with E-state index in [4.69, 9.17) is 0 Å². The molecule has 144 valence electrons. The molecule has 27 heavy (non-hydrogen) atoms. The Morgan fingerprint density at radius 3 is 2.74 bits per heavy atom. The number of carbonyl (C=O) groups excluding carboxylic acids is 2. The van der Waals surface area contributed by atoms with Crippen LogP contribution in [0.25, 0.3) is 0 Å². The second kappa shape index (κ2) is 7.73. The first-order valence-corrected chi connectivity index (χ1v) is 8.99. The van der Waals surface area contributed by atoms with Gasteiger partial charge in [-0.05, 0) is 20.3 Å². The van der Waals surface area contributed by atoms with Crippen LogP contribution < -0.4 is 10.2 Å². The van der Waals surface area contributed by atoms with Crippen LogP contribution in [0.2, 0.25) is 0 Å². The average molecular weight is 371 g/mol. The Morgan fingerprint density at radius 2 is 2.11 bits per heavy atom. The Bertz CT molecular complexity index is 817. The summed E-state index contributed by atoms with van der Waals surface area (Å²) in [6.07, 6.45) is 5.33.